The lowest BCUT2D eigenvalue weighted by Crippen LogP contribution is -2.28. The third-order valence-electron chi connectivity index (χ3n) is 13.7. The highest BCUT2D eigenvalue weighted by Gasteiger charge is 2.46. The maximum atomic E-state index is 2.54. The smallest absolute Gasteiger partial charge is 0.0714 e. The van der Waals surface area contributed by atoms with Crippen LogP contribution in [0.2, 0.25) is 0 Å². The first-order chi connectivity index (χ1) is 31.7. The SMILES string of the molecule is C1=CC(c2c(N(c3ccc4c(c3)C(c3ccccc3)(c3ccccc3)c3ccccc3-4)c3ccc4ccccc4c3)ccc3ccccc23)CC=C1c1ccc(-c2ccccc2)cc1. The van der Waals surface area contributed by atoms with Crippen LogP contribution in [0.3, 0.4) is 0 Å². The molecule has 1 heteroatoms. The fourth-order valence-electron chi connectivity index (χ4n) is 10.7. The largest absolute Gasteiger partial charge is 0.310 e. The van der Waals surface area contributed by atoms with Crippen molar-refractivity contribution in [2.24, 2.45) is 0 Å². The van der Waals surface area contributed by atoms with Crippen molar-refractivity contribution in [3.05, 3.63) is 288 Å². The minimum absolute atomic E-state index is 0.155. The van der Waals surface area contributed by atoms with Gasteiger partial charge in [-0.05, 0) is 120 Å². The molecule has 0 aromatic heterocycles. The van der Waals surface area contributed by atoms with Crippen molar-refractivity contribution in [2.75, 3.05) is 4.90 Å². The van der Waals surface area contributed by atoms with Crippen LogP contribution in [0.15, 0.2) is 255 Å². The van der Waals surface area contributed by atoms with Gasteiger partial charge in [0.05, 0.1) is 11.1 Å². The molecular weight excluding hydrogens is 771 g/mol. The molecule has 0 N–H and O–H groups in total. The Bertz CT molecular complexity index is 3360. The maximum Gasteiger partial charge on any atom is 0.0714 e. The molecule has 0 heterocycles. The number of rotatable bonds is 8. The lowest BCUT2D eigenvalue weighted by molar-refractivity contribution is 0.768. The molecule has 12 rings (SSSR count). The van der Waals surface area contributed by atoms with Gasteiger partial charge in [-0.3, -0.25) is 0 Å². The van der Waals surface area contributed by atoms with Crippen LogP contribution in [-0.4, -0.2) is 0 Å². The zero-order valence-electron chi connectivity index (χ0n) is 35.5. The number of fused-ring (bicyclic) bond motifs is 5. The van der Waals surface area contributed by atoms with E-state index in [1.165, 1.54) is 88.4 Å². The van der Waals surface area contributed by atoms with Crippen molar-refractivity contribution in [3.63, 3.8) is 0 Å². The second-order valence-corrected chi connectivity index (χ2v) is 17.1. The molecule has 0 radical (unpaired) electrons. The highest BCUT2D eigenvalue weighted by Crippen LogP contribution is 2.57. The molecule has 1 unspecified atom stereocenters. The number of anilines is 3. The molecule has 2 aliphatic rings. The first-order valence-electron chi connectivity index (χ1n) is 22.4. The Morgan fingerprint density at radius 3 is 1.70 bits per heavy atom. The topological polar surface area (TPSA) is 3.24 Å². The standard InChI is InChI=1S/C63H45N/c1-4-16-44(17-5-1)46-28-30-47(31-29-46)48-32-34-50(35-33-48)62-56-25-13-12-19-49(56)37-41-61(62)64(54-38-36-45-18-10-11-20-51(45)42-54)55-39-40-58-57-26-14-15-27-59(57)63(60(58)43-55,52-21-6-2-7-22-52)53-23-8-3-9-24-53/h1-34,36-43,50H,35H2. The van der Waals surface area contributed by atoms with Crippen molar-refractivity contribution < 1.29 is 0 Å². The quantitative estimate of drug-likeness (QED) is 0.148. The van der Waals surface area contributed by atoms with Gasteiger partial charge in [0, 0.05) is 17.3 Å². The summed E-state index contributed by atoms with van der Waals surface area (Å²) in [6.45, 7) is 0. The van der Waals surface area contributed by atoms with Gasteiger partial charge in [-0.2, -0.15) is 0 Å². The fourth-order valence-corrected chi connectivity index (χ4v) is 10.7. The Balaban J connectivity index is 1.05. The van der Waals surface area contributed by atoms with E-state index in [4.69, 9.17) is 0 Å². The van der Waals surface area contributed by atoms with E-state index in [2.05, 4.69) is 260 Å². The van der Waals surface area contributed by atoms with Gasteiger partial charge in [0.25, 0.3) is 0 Å². The molecule has 1 atom stereocenters. The average Bonchev–Trinajstić information content (AvgIpc) is 3.67. The molecule has 0 bridgehead atoms. The summed E-state index contributed by atoms with van der Waals surface area (Å²) in [6.07, 6.45) is 8.12. The second-order valence-electron chi connectivity index (χ2n) is 17.1. The summed E-state index contributed by atoms with van der Waals surface area (Å²) < 4.78 is 0. The molecule has 0 saturated heterocycles. The van der Waals surface area contributed by atoms with E-state index in [-0.39, 0.29) is 5.92 Å². The van der Waals surface area contributed by atoms with Crippen LogP contribution in [0.4, 0.5) is 17.1 Å². The molecule has 0 spiro atoms. The van der Waals surface area contributed by atoms with Crippen molar-refractivity contribution in [2.45, 2.75) is 17.8 Å². The van der Waals surface area contributed by atoms with E-state index < -0.39 is 5.41 Å². The summed E-state index contributed by atoms with van der Waals surface area (Å²) in [6, 6.07) is 87.4. The summed E-state index contributed by atoms with van der Waals surface area (Å²) in [7, 11) is 0. The molecule has 2 aliphatic carbocycles. The summed E-state index contributed by atoms with van der Waals surface area (Å²) in [4.78, 5) is 2.54. The monoisotopic (exact) mass is 815 g/mol. The minimum Gasteiger partial charge on any atom is -0.310 e. The molecule has 0 saturated carbocycles. The van der Waals surface area contributed by atoms with Crippen molar-refractivity contribution in [1.29, 1.82) is 0 Å². The van der Waals surface area contributed by atoms with Gasteiger partial charge in [-0.25, -0.2) is 0 Å². The van der Waals surface area contributed by atoms with E-state index in [9.17, 15) is 0 Å². The van der Waals surface area contributed by atoms with Crippen LogP contribution in [0.25, 0.3) is 49.4 Å². The lowest BCUT2D eigenvalue weighted by atomic mass is 9.67. The zero-order valence-corrected chi connectivity index (χ0v) is 35.5. The molecule has 0 amide bonds. The molecule has 302 valence electrons. The number of benzene rings is 10. The van der Waals surface area contributed by atoms with Crippen LogP contribution in [0.1, 0.15) is 45.7 Å². The first-order valence-corrected chi connectivity index (χ1v) is 22.4. The molecular formula is C63H45N. The summed E-state index contributed by atoms with van der Waals surface area (Å²) >= 11 is 0. The Morgan fingerprint density at radius 1 is 0.406 bits per heavy atom. The molecule has 10 aromatic carbocycles. The van der Waals surface area contributed by atoms with Crippen molar-refractivity contribution >= 4 is 44.2 Å². The number of allylic oxidation sites excluding steroid dienone is 4. The highest BCUT2D eigenvalue weighted by atomic mass is 15.1. The Morgan fingerprint density at radius 2 is 0.969 bits per heavy atom. The summed E-state index contributed by atoms with van der Waals surface area (Å²) in [5.41, 5.74) is 16.9. The molecule has 0 fully saturated rings. The molecule has 64 heavy (non-hydrogen) atoms. The van der Waals surface area contributed by atoms with Crippen molar-refractivity contribution in [1.82, 2.24) is 0 Å². The Kier molecular flexibility index (Phi) is 9.27. The van der Waals surface area contributed by atoms with Gasteiger partial charge in [-0.1, -0.05) is 224 Å². The molecule has 10 aromatic rings. The van der Waals surface area contributed by atoms with Gasteiger partial charge >= 0.3 is 0 Å². The number of hydrogen-bond donors (Lipinski definition) is 0. The van der Waals surface area contributed by atoms with Crippen LogP contribution in [0.5, 0.6) is 0 Å². The number of nitrogens with zero attached hydrogens (tertiary/aromatic N) is 1. The molecule has 0 aliphatic heterocycles. The zero-order chi connectivity index (χ0) is 42.5. The summed E-state index contributed by atoms with van der Waals surface area (Å²) in [5.74, 6) is 0.155. The van der Waals surface area contributed by atoms with Gasteiger partial charge in [-0.15, -0.1) is 0 Å². The van der Waals surface area contributed by atoms with E-state index in [0.717, 1.165) is 17.8 Å². The number of hydrogen-bond acceptors (Lipinski definition) is 1. The highest BCUT2D eigenvalue weighted by molar-refractivity contribution is 5.98. The first kappa shape index (κ1) is 37.7. The average molecular weight is 816 g/mol. The van der Waals surface area contributed by atoms with E-state index >= 15 is 0 Å². The van der Waals surface area contributed by atoms with Gasteiger partial charge < -0.3 is 4.90 Å². The predicted molar refractivity (Wildman–Crippen MR) is 270 cm³/mol. The van der Waals surface area contributed by atoms with Crippen LogP contribution in [0, 0.1) is 0 Å². The fraction of sp³-hybridized carbons (Fsp3) is 0.0476. The van der Waals surface area contributed by atoms with Gasteiger partial charge in [0.15, 0.2) is 0 Å². The third-order valence-corrected chi connectivity index (χ3v) is 13.7. The Hall–Kier alpha value is -8.00. The predicted octanol–water partition coefficient (Wildman–Crippen LogP) is 16.6. The van der Waals surface area contributed by atoms with E-state index in [1.54, 1.807) is 0 Å². The van der Waals surface area contributed by atoms with E-state index in [1.807, 2.05) is 0 Å². The third kappa shape index (κ3) is 6.23. The van der Waals surface area contributed by atoms with Crippen LogP contribution < -0.4 is 4.90 Å². The van der Waals surface area contributed by atoms with Crippen LogP contribution in [-0.2, 0) is 5.41 Å². The lowest BCUT2D eigenvalue weighted by Gasteiger charge is -2.35. The van der Waals surface area contributed by atoms with Gasteiger partial charge in [0.1, 0.15) is 0 Å². The molecule has 1 nitrogen and oxygen atoms in total. The summed E-state index contributed by atoms with van der Waals surface area (Å²) in [5, 5.41) is 4.97. The normalized spacial score (nSPS) is 14.8. The van der Waals surface area contributed by atoms with E-state index in [0.29, 0.717) is 0 Å². The van der Waals surface area contributed by atoms with Crippen LogP contribution >= 0.6 is 0 Å². The second kappa shape index (κ2) is 15.7. The van der Waals surface area contributed by atoms with Crippen molar-refractivity contribution in [3.8, 4) is 22.3 Å². The van der Waals surface area contributed by atoms with Gasteiger partial charge in [0.2, 0.25) is 0 Å². The minimum atomic E-state index is -0.516. The maximum absolute atomic E-state index is 2.54. The Labute approximate surface area is 375 Å².